The quantitative estimate of drug-likeness (QED) is 0.690. The van der Waals surface area contributed by atoms with Crippen LogP contribution < -0.4 is 9.46 Å². The Morgan fingerprint density at radius 2 is 2.05 bits per heavy atom. The zero-order valence-corrected chi connectivity index (χ0v) is 12.4. The van der Waals surface area contributed by atoms with E-state index in [2.05, 4.69) is 4.72 Å². The highest BCUT2D eigenvalue weighted by atomic mass is 32.2. The van der Waals surface area contributed by atoms with Crippen molar-refractivity contribution in [3.63, 3.8) is 0 Å². The predicted molar refractivity (Wildman–Crippen MR) is 82.9 cm³/mol. The highest BCUT2D eigenvalue weighted by Gasteiger charge is 2.21. The third kappa shape index (κ3) is 2.73. The van der Waals surface area contributed by atoms with Crippen molar-refractivity contribution < 1.29 is 18.1 Å². The zero-order valence-electron chi connectivity index (χ0n) is 11.6. The number of nitro groups is 1. The number of rotatable bonds is 3. The largest absolute Gasteiger partial charge is 0.482 e. The fourth-order valence-corrected chi connectivity index (χ4v) is 2.91. The monoisotopic (exact) mass is 320 g/mol. The molecule has 0 saturated carbocycles. The first kappa shape index (κ1) is 14.3. The number of nitrogens with one attached hydrogen (secondary N) is 1. The summed E-state index contributed by atoms with van der Waals surface area (Å²) in [5, 5.41) is 12.4. The van der Waals surface area contributed by atoms with Gasteiger partial charge in [-0.1, -0.05) is 12.1 Å². The van der Waals surface area contributed by atoms with Gasteiger partial charge in [-0.15, -0.1) is 0 Å². The van der Waals surface area contributed by atoms with Crippen LogP contribution in [-0.2, 0) is 10.0 Å². The van der Waals surface area contributed by atoms with E-state index in [0.717, 1.165) is 17.0 Å². The van der Waals surface area contributed by atoms with Gasteiger partial charge in [0.2, 0.25) is 10.0 Å². The Kier molecular flexibility index (Phi) is 3.25. The summed E-state index contributed by atoms with van der Waals surface area (Å²) in [5.74, 6) is 0.571. The second-order valence-corrected chi connectivity index (χ2v) is 6.72. The summed E-state index contributed by atoms with van der Waals surface area (Å²) < 4.78 is 30.3. The number of anilines is 1. The van der Waals surface area contributed by atoms with Gasteiger partial charge >= 0.3 is 0 Å². The molecule has 1 N–H and O–H groups in total. The molecule has 114 valence electrons. The molecule has 2 aromatic rings. The molecule has 0 spiro atoms. The minimum Gasteiger partial charge on any atom is -0.482 e. The van der Waals surface area contributed by atoms with Crippen molar-refractivity contribution in [3.05, 3.63) is 51.7 Å². The molecule has 0 saturated heterocycles. The van der Waals surface area contributed by atoms with Crippen LogP contribution in [0.5, 0.6) is 5.75 Å². The lowest BCUT2D eigenvalue weighted by atomic mass is 10.0. The maximum atomic E-state index is 11.3. The Morgan fingerprint density at radius 1 is 1.27 bits per heavy atom. The van der Waals surface area contributed by atoms with E-state index in [1.807, 2.05) is 0 Å². The lowest BCUT2D eigenvalue weighted by Crippen LogP contribution is -2.13. The topological polar surface area (TPSA) is 98.5 Å². The smallest absolute Gasteiger partial charge is 0.284 e. The van der Waals surface area contributed by atoms with Crippen molar-refractivity contribution in [2.45, 2.75) is 0 Å². The second kappa shape index (κ2) is 4.99. The first-order chi connectivity index (χ1) is 10.3. The van der Waals surface area contributed by atoms with E-state index in [9.17, 15) is 18.5 Å². The van der Waals surface area contributed by atoms with E-state index in [1.54, 1.807) is 30.3 Å². The van der Waals surface area contributed by atoms with Crippen LogP contribution in [0.15, 0.2) is 36.0 Å². The van der Waals surface area contributed by atoms with Gasteiger partial charge in [-0.25, -0.2) is 8.42 Å². The number of hydrogen-bond donors (Lipinski definition) is 1. The van der Waals surface area contributed by atoms with E-state index in [4.69, 9.17) is 4.74 Å². The zero-order chi connectivity index (χ0) is 15.9. The average Bonchev–Trinajstić information content (AvgIpc) is 2.44. The van der Waals surface area contributed by atoms with Gasteiger partial charge in [0, 0.05) is 17.3 Å². The normalized spacial score (nSPS) is 14.0. The molecular weight excluding hydrogens is 308 g/mol. The van der Waals surface area contributed by atoms with Crippen LogP contribution in [-0.4, -0.2) is 26.2 Å². The van der Waals surface area contributed by atoms with Crippen molar-refractivity contribution in [3.8, 4) is 5.75 Å². The number of hydrogen-bond acceptors (Lipinski definition) is 5. The molecule has 0 radical (unpaired) electrons. The van der Waals surface area contributed by atoms with Crippen LogP contribution in [0, 0.1) is 10.1 Å². The van der Waals surface area contributed by atoms with Gasteiger partial charge in [0.1, 0.15) is 5.75 Å². The number of benzene rings is 2. The molecule has 7 nitrogen and oxygen atoms in total. The lowest BCUT2D eigenvalue weighted by Gasteiger charge is -2.16. The molecule has 1 aliphatic rings. The number of sulfonamides is 1. The predicted octanol–water partition coefficient (Wildman–Crippen LogP) is 2.22. The molecule has 1 heterocycles. The standard InChI is InChI=1S/C14H12N2O5S/c1-22(19,20)15-10-3-4-12-9(6-10)2-5-14-13(12)7-11(8-21-14)16(17)18/h2-7,15H,8H2,1H3. The Balaban J connectivity index is 2.14. The molecule has 0 atom stereocenters. The summed E-state index contributed by atoms with van der Waals surface area (Å²) in [4.78, 5) is 10.4. The van der Waals surface area contributed by atoms with E-state index in [1.165, 1.54) is 6.08 Å². The molecule has 0 amide bonds. The van der Waals surface area contributed by atoms with E-state index in [-0.39, 0.29) is 12.3 Å². The molecule has 0 aromatic heterocycles. The van der Waals surface area contributed by atoms with Crippen LogP contribution in [0.25, 0.3) is 16.8 Å². The minimum atomic E-state index is -3.36. The summed E-state index contributed by atoms with van der Waals surface area (Å²) in [7, 11) is -3.36. The first-order valence-corrected chi connectivity index (χ1v) is 8.25. The van der Waals surface area contributed by atoms with Crippen molar-refractivity contribution in [1.29, 1.82) is 0 Å². The Morgan fingerprint density at radius 3 is 2.73 bits per heavy atom. The molecular formula is C14H12N2O5S. The fraction of sp³-hybridized carbons (Fsp3) is 0.143. The van der Waals surface area contributed by atoms with Crippen molar-refractivity contribution in [2.75, 3.05) is 17.6 Å². The highest BCUT2D eigenvalue weighted by Crippen LogP contribution is 2.34. The Labute approximate surface area is 126 Å². The van der Waals surface area contributed by atoms with Crippen LogP contribution in [0.2, 0.25) is 0 Å². The van der Waals surface area contributed by atoms with Gasteiger partial charge in [0.05, 0.1) is 11.2 Å². The van der Waals surface area contributed by atoms with Gasteiger partial charge in [0.15, 0.2) is 6.61 Å². The fourth-order valence-electron chi connectivity index (χ4n) is 2.35. The van der Waals surface area contributed by atoms with Crippen LogP contribution in [0.4, 0.5) is 5.69 Å². The number of ether oxygens (including phenoxy) is 1. The van der Waals surface area contributed by atoms with Gasteiger partial charge in [-0.3, -0.25) is 14.8 Å². The molecule has 22 heavy (non-hydrogen) atoms. The van der Waals surface area contributed by atoms with Gasteiger partial charge in [-0.05, 0) is 29.0 Å². The molecule has 0 fully saturated rings. The third-order valence-electron chi connectivity index (χ3n) is 3.25. The highest BCUT2D eigenvalue weighted by molar-refractivity contribution is 7.92. The second-order valence-electron chi connectivity index (χ2n) is 4.97. The van der Waals surface area contributed by atoms with Crippen LogP contribution in [0.1, 0.15) is 5.56 Å². The minimum absolute atomic E-state index is 0.0154. The SMILES string of the molecule is CS(=O)(=O)Nc1ccc2c3c(ccc2c1)OCC([N+](=O)[O-])=C3. The third-order valence-corrected chi connectivity index (χ3v) is 3.85. The molecule has 0 aliphatic carbocycles. The Bertz CT molecular complexity index is 918. The van der Waals surface area contributed by atoms with Crippen LogP contribution in [0.3, 0.4) is 0 Å². The maximum Gasteiger partial charge on any atom is 0.284 e. The van der Waals surface area contributed by atoms with E-state index >= 15 is 0 Å². The Hall–Kier alpha value is -2.61. The first-order valence-electron chi connectivity index (χ1n) is 6.36. The lowest BCUT2D eigenvalue weighted by molar-refractivity contribution is -0.427. The van der Waals surface area contributed by atoms with Crippen molar-refractivity contribution >= 4 is 32.6 Å². The average molecular weight is 320 g/mol. The molecule has 3 rings (SSSR count). The maximum absolute atomic E-state index is 11.3. The molecule has 8 heteroatoms. The van der Waals surface area contributed by atoms with Crippen LogP contribution >= 0.6 is 0 Å². The van der Waals surface area contributed by atoms with Crippen molar-refractivity contribution in [1.82, 2.24) is 0 Å². The summed E-state index contributed by atoms with van der Waals surface area (Å²) in [6.07, 6.45) is 2.56. The van der Waals surface area contributed by atoms with E-state index in [0.29, 0.717) is 17.0 Å². The summed E-state index contributed by atoms with van der Waals surface area (Å²) in [5.41, 5.74) is 1.05. The number of nitrogens with zero attached hydrogens (tertiary/aromatic N) is 1. The summed E-state index contributed by atoms with van der Waals surface area (Å²) >= 11 is 0. The van der Waals surface area contributed by atoms with Crippen molar-refractivity contribution in [2.24, 2.45) is 0 Å². The summed E-state index contributed by atoms with van der Waals surface area (Å²) in [6, 6.07) is 8.50. The van der Waals surface area contributed by atoms with Gasteiger partial charge < -0.3 is 4.74 Å². The summed E-state index contributed by atoms with van der Waals surface area (Å²) in [6.45, 7) is -0.0702. The van der Waals surface area contributed by atoms with Gasteiger partial charge in [0.25, 0.3) is 5.70 Å². The van der Waals surface area contributed by atoms with Gasteiger partial charge in [-0.2, -0.15) is 0 Å². The molecule has 1 aliphatic heterocycles. The van der Waals surface area contributed by atoms with E-state index < -0.39 is 14.9 Å². The number of fused-ring (bicyclic) bond motifs is 3. The molecule has 0 unspecified atom stereocenters. The molecule has 0 bridgehead atoms. The molecule has 2 aromatic carbocycles.